The lowest BCUT2D eigenvalue weighted by Crippen LogP contribution is -2.40. The van der Waals surface area contributed by atoms with Crippen molar-refractivity contribution in [2.75, 3.05) is 11.1 Å². The third kappa shape index (κ3) is 5.44. The quantitative estimate of drug-likeness (QED) is 0.752. The van der Waals surface area contributed by atoms with Gasteiger partial charge in [-0.05, 0) is 56.6 Å². The Hall–Kier alpha value is -2.11. The third-order valence-corrected chi connectivity index (χ3v) is 5.72. The maximum Gasteiger partial charge on any atom is 0.227 e. The van der Waals surface area contributed by atoms with Gasteiger partial charge in [0.15, 0.2) is 0 Å². The van der Waals surface area contributed by atoms with E-state index in [-0.39, 0.29) is 23.8 Å². The first kappa shape index (κ1) is 18.7. The molecule has 26 heavy (non-hydrogen) atoms. The number of nitrogens with one attached hydrogen (secondary N) is 2. The molecule has 0 radical (unpaired) electrons. The smallest absolute Gasteiger partial charge is 0.227 e. The molecule has 0 aliphatic heterocycles. The molecule has 6 heteroatoms. The van der Waals surface area contributed by atoms with Crippen LogP contribution in [0, 0.1) is 11.8 Å². The van der Waals surface area contributed by atoms with E-state index in [9.17, 15) is 9.59 Å². The fraction of sp³-hybridized carbons (Fsp3) is 0.650. The standard InChI is InChI=1S/C20H30N4O2/c21-18-11-10-17(13-22-18)24-20(26)15-6-8-16(9-7-15)23-19(25)12-14-4-2-1-3-5-14/h10-11,13-16H,1-9,12H2,(H2,21,22)(H,23,25)(H,24,26). The zero-order chi connectivity index (χ0) is 18.4. The van der Waals surface area contributed by atoms with Crippen LogP contribution in [0.25, 0.3) is 0 Å². The molecule has 1 aromatic heterocycles. The van der Waals surface area contributed by atoms with Gasteiger partial charge in [-0.1, -0.05) is 19.3 Å². The number of carbonyl (C=O) groups excluding carboxylic acids is 2. The van der Waals surface area contributed by atoms with Crippen molar-refractivity contribution in [3.8, 4) is 0 Å². The van der Waals surface area contributed by atoms with Gasteiger partial charge in [-0.25, -0.2) is 4.98 Å². The van der Waals surface area contributed by atoms with E-state index < -0.39 is 0 Å². The summed E-state index contributed by atoms with van der Waals surface area (Å²) >= 11 is 0. The van der Waals surface area contributed by atoms with Gasteiger partial charge in [0.05, 0.1) is 11.9 Å². The van der Waals surface area contributed by atoms with E-state index >= 15 is 0 Å². The summed E-state index contributed by atoms with van der Waals surface area (Å²) in [6.07, 6.45) is 11.8. The van der Waals surface area contributed by atoms with Crippen molar-refractivity contribution in [2.24, 2.45) is 11.8 Å². The predicted octanol–water partition coefficient (Wildman–Crippen LogP) is 3.25. The van der Waals surface area contributed by atoms with Gasteiger partial charge in [0, 0.05) is 18.4 Å². The van der Waals surface area contributed by atoms with Crippen molar-refractivity contribution in [1.82, 2.24) is 10.3 Å². The first-order chi connectivity index (χ1) is 12.6. The predicted molar refractivity (Wildman–Crippen MR) is 102 cm³/mol. The highest BCUT2D eigenvalue weighted by molar-refractivity contribution is 5.92. The molecule has 0 unspecified atom stereocenters. The number of pyridine rings is 1. The minimum atomic E-state index is -0.000880. The second kappa shape index (κ2) is 9.01. The number of nitrogen functional groups attached to an aromatic ring is 1. The summed E-state index contributed by atoms with van der Waals surface area (Å²) in [5.41, 5.74) is 6.23. The van der Waals surface area contributed by atoms with Gasteiger partial charge in [-0.15, -0.1) is 0 Å². The Morgan fingerprint density at radius 2 is 1.77 bits per heavy atom. The molecule has 0 spiro atoms. The molecule has 2 saturated carbocycles. The third-order valence-electron chi connectivity index (χ3n) is 5.72. The van der Waals surface area contributed by atoms with Crippen LogP contribution in [0.5, 0.6) is 0 Å². The number of carbonyl (C=O) groups is 2. The van der Waals surface area contributed by atoms with Crippen molar-refractivity contribution in [3.63, 3.8) is 0 Å². The van der Waals surface area contributed by atoms with E-state index in [1.165, 1.54) is 32.1 Å². The normalized spacial score (nSPS) is 24.0. The fourth-order valence-corrected chi connectivity index (χ4v) is 4.16. The Bertz CT molecular complexity index is 603. The first-order valence-electron chi connectivity index (χ1n) is 9.92. The zero-order valence-electron chi connectivity index (χ0n) is 15.4. The molecule has 0 saturated heterocycles. The van der Waals surface area contributed by atoms with E-state index in [0.717, 1.165) is 25.7 Å². The average Bonchev–Trinajstić information content (AvgIpc) is 2.65. The number of rotatable bonds is 5. The molecule has 2 amide bonds. The Labute approximate surface area is 155 Å². The molecule has 2 fully saturated rings. The van der Waals surface area contributed by atoms with Crippen LogP contribution in [0.15, 0.2) is 18.3 Å². The SMILES string of the molecule is Nc1ccc(NC(=O)C2CCC(NC(=O)CC3CCCCC3)CC2)cn1. The van der Waals surface area contributed by atoms with E-state index in [1.807, 2.05) is 0 Å². The molecule has 4 N–H and O–H groups in total. The van der Waals surface area contributed by atoms with E-state index in [0.29, 0.717) is 23.8 Å². The number of hydrogen-bond acceptors (Lipinski definition) is 4. The lowest BCUT2D eigenvalue weighted by molar-refractivity contribution is -0.123. The molecule has 1 aromatic rings. The summed E-state index contributed by atoms with van der Waals surface area (Å²) < 4.78 is 0. The molecule has 2 aliphatic carbocycles. The van der Waals surface area contributed by atoms with Gasteiger partial charge >= 0.3 is 0 Å². The topological polar surface area (TPSA) is 97.1 Å². The van der Waals surface area contributed by atoms with Gasteiger partial charge in [0.1, 0.15) is 5.82 Å². The summed E-state index contributed by atoms with van der Waals surface area (Å²) in [7, 11) is 0. The summed E-state index contributed by atoms with van der Waals surface area (Å²) in [5, 5.41) is 6.09. The molecule has 0 atom stereocenters. The van der Waals surface area contributed by atoms with Crippen LogP contribution in [0.4, 0.5) is 11.5 Å². The van der Waals surface area contributed by atoms with Crippen LogP contribution in [0.3, 0.4) is 0 Å². The molecule has 1 heterocycles. The molecule has 2 aliphatic rings. The van der Waals surface area contributed by atoms with Crippen molar-refractivity contribution in [2.45, 2.75) is 70.3 Å². The van der Waals surface area contributed by atoms with Crippen LogP contribution >= 0.6 is 0 Å². The second-order valence-corrected chi connectivity index (χ2v) is 7.79. The van der Waals surface area contributed by atoms with Crippen LogP contribution < -0.4 is 16.4 Å². The fourth-order valence-electron chi connectivity index (χ4n) is 4.16. The number of amides is 2. The Morgan fingerprint density at radius 3 is 2.42 bits per heavy atom. The van der Waals surface area contributed by atoms with Gasteiger partial charge in [0.25, 0.3) is 0 Å². The molecular weight excluding hydrogens is 328 g/mol. The number of anilines is 2. The molecule has 142 valence electrons. The van der Waals surface area contributed by atoms with Crippen LogP contribution in [0.2, 0.25) is 0 Å². The van der Waals surface area contributed by atoms with Crippen molar-refractivity contribution in [1.29, 1.82) is 0 Å². The summed E-state index contributed by atoms with van der Waals surface area (Å²) in [6, 6.07) is 3.65. The van der Waals surface area contributed by atoms with Crippen molar-refractivity contribution in [3.05, 3.63) is 18.3 Å². The largest absolute Gasteiger partial charge is 0.384 e. The minimum Gasteiger partial charge on any atom is -0.384 e. The number of nitrogens with two attached hydrogens (primary N) is 1. The average molecular weight is 358 g/mol. The number of nitrogens with zero attached hydrogens (tertiary/aromatic N) is 1. The number of aromatic nitrogens is 1. The maximum absolute atomic E-state index is 12.4. The lowest BCUT2D eigenvalue weighted by Gasteiger charge is -2.29. The summed E-state index contributed by atoms with van der Waals surface area (Å²) in [4.78, 5) is 28.6. The van der Waals surface area contributed by atoms with E-state index in [1.54, 1.807) is 18.3 Å². The Kier molecular flexibility index (Phi) is 6.47. The summed E-state index contributed by atoms with van der Waals surface area (Å²) in [6.45, 7) is 0. The highest BCUT2D eigenvalue weighted by atomic mass is 16.2. The molecule has 0 bridgehead atoms. The Balaban J connectivity index is 1.38. The highest BCUT2D eigenvalue weighted by Crippen LogP contribution is 2.28. The van der Waals surface area contributed by atoms with Crippen molar-refractivity contribution >= 4 is 23.3 Å². The molecule has 3 rings (SSSR count). The van der Waals surface area contributed by atoms with Crippen molar-refractivity contribution < 1.29 is 9.59 Å². The van der Waals surface area contributed by atoms with E-state index in [4.69, 9.17) is 5.73 Å². The van der Waals surface area contributed by atoms with Gasteiger partial charge in [-0.3, -0.25) is 9.59 Å². The van der Waals surface area contributed by atoms with Crippen LogP contribution in [-0.2, 0) is 9.59 Å². The maximum atomic E-state index is 12.4. The number of hydrogen-bond donors (Lipinski definition) is 3. The van der Waals surface area contributed by atoms with Crippen LogP contribution in [-0.4, -0.2) is 22.8 Å². The Morgan fingerprint density at radius 1 is 1.04 bits per heavy atom. The molecule has 6 nitrogen and oxygen atoms in total. The monoisotopic (exact) mass is 358 g/mol. The molecular formula is C20H30N4O2. The first-order valence-corrected chi connectivity index (χ1v) is 9.92. The second-order valence-electron chi connectivity index (χ2n) is 7.79. The van der Waals surface area contributed by atoms with Gasteiger partial charge < -0.3 is 16.4 Å². The highest BCUT2D eigenvalue weighted by Gasteiger charge is 2.27. The van der Waals surface area contributed by atoms with Gasteiger partial charge in [-0.2, -0.15) is 0 Å². The molecule has 0 aromatic carbocycles. The van der Waals surface area contributed by atoms with Gasteiger partial charge in [0.2, 0.25) is 11.8 Å². The zero-order valence-corrected chi connectivity index (χ0v) is 15.4. The van der Waals surface area contributed by atoms with E-state index in [2.05, 4.69) is 15.6 Å². The lowest BCUT2D eigenvalue weighted by atomic mass is 9.84. The minimum absolute atomic E-state index is 0.000880. The van der Waals surface area contributed by atoms with Crippen LogP contribution in [0.1, 0.15) is 64.2 Å². The summed E-state index contributed by atoms with van der Waals surface area (Å²) in [5.74, 6) is 1.23.